The zero-order chi connectivity index (χ0) is 13.1. The van der Waals surface area contributed by atoms with Crippen LogP contribution < -0.4 is 10.2 Å². The molecule has 0 heterocycles. The van der Waals surface area contributed by atoms with Crippen LogP contribution in [0.5, 0.6) is 0 Å². The van der Waals surface area contributed by atoms with Crippen LogP contribution in [-0.4, -0.2) is 51.0 Å². The molecule has 0 amide bonds. The van der Waals surface area contributed by atoms with E-state index in [0.29, 0.717) is 0 Å². The molecule has 0 spiro atoms. The Morgan fingerprint density at radius 1 is 0.579 bits per heavy atom. The second kappa shape index (κ2) is 14.1. The molecule has 19 heavy (non-hydrogen) atoms. The first-order valence-corrected chi connectivity index (χ1v) is 8.03. The van der Waals surface area contributed by atoms with Crippen LogP contribution in [-0.2, 0) is 0 Å². The summed E-state index contributed by atoms with van der Waals surface area (Å²) in [6.45, 7) is 0.287. The van der Waals surface area contributed by atoms with E-state index >= 15 is 0 Å². The van der Waals surface area contributed by atoms with Gasteiger partial charge in [0.25, 0.3) is 0 Å². The Hall–Kier alpha value is 1.18. The summed E-state index contributed by atoms with van der Waals surface area (Å²) in [5, 5.41) is 20.4. The fraction of sp³-hybridized carbons (Fsp3) is 1.00. The minimum Gasteiger partial charge on any atom is -0.854 e. The summed E-state index contributed by atoms with van der Waals surface area (Å²) in [4.78, 5) is 0. The quantitative estimate of drug-likeness (QED) is 0.747. The van der Waals surface area contributed by atoms with E-state index in [2.05, 4.69) is 0 Å². The van der Waals surface area contributed by atoms with Crippen molar-refractivity contribution in [1.82, 2.24) is 0 Å². The van der Waals surface area contributed by atoms with E-state index in [0.717, 1.165) is 24.7 Å². The van der Waals surface area contributed by atoms with E-state index in [1.165, 1.54) is 64.2 Å². The molecule has 0 N–H and O–H groups in total. The van der Waals surface area contributed by atoms with Crippen LogP contribution in [0.1, 0.15) is 77.0 Å². The van der Waals surface area contributed by atoms with Gasteiger partial charge < -0.3 is 10.2 Å². The molecule has 3 heteroatoms. The van der Waals surface area contributed by atoms with Crippen LogP contribution in [0.25, 0.3) is 0 Å². The third-order valence-corrected chi connectivity index (χ3v) is 4.50. The molecule has 0 aromatic heterocycles. The van der Waals surface area contributed by atoms with Gasteiger partial charge in [0.2, 0.25) is 0 Å². The molecule has 0 saturated heterocycles. The van der Waals surface area contributed by atoms with Gasteiger partial charge in [0.1, 0.15) is 0 Å². The first-order chi connectivity index (χ1) is 8.86. The molecular weight excluding hydrogens is 264 g/mol. The van der Waals surface area contributed by atoms with Crippen molar-refractivity contribution in [3.8, 4) is 0 Å². The summed E-state index contributed by atoms with van der Waals surface area (Å²) in [5.74, 6) is 1.58. The molecule has 0 atom stereocenters. The van der Waals surface area contributed by atoms with Gasteiger partial charge in [-0.15, -0.1) is 13.2 Å². The Balaban J connectivity index is 0.000000324. The molecule has 2 aliphatic rings. The van der Waals surface area contributed by atoms with Crippen molar-refractivity contribution in [2.24, 2.45) is 11.8 Å². The van der Waals surface area contributed by atoms with Gasteiger partial charge >= 0.3 is 37.7 Å². The van der Waals surface area contributed by atoms with E-state index in [1.54, 1.807) is 0 Å². The molecule has 0 aromatic carbocycles. The topological polar surface area (TPSA) is 46.1 Å². The molecule has 0 aromatic rings. The van der Waals surface area contributed by atoms with Crippen LogP contribution in [0, 0.1) is 11.8 Å². The van der Waals surface area contributed by atoms with Gasteiger partial charge in [-0.25, -0.2) is 0 Å². The van der Waals surface area contributed by atoms with E-state index in [-0.39, 0.29) is 51.0 Å². The van der Waals surface area contributed by atoms with Crippen LogP contribution in [0.15, 0.2) is 0 Å². The summed E-state index contributed by atoms with van der Waals surface area (Å²) in [7, 11) is 0. The molecule has 2 nitrogen and oxygen atoms in total. The monoisotopic (exact) mass is 294 g/mol. The van der Waals surface area contributed by atoms with Gasteiger partial charge in [-0.1, -0.05) is 77.0 Å². The van der Waals surface area contributed by atoms with Crippen LogP contribution in [0.3, 0.4) is 0 Å². The molecule has 2 aliphatic carbocycles. The Bertz CT molecular complexity index is 150. The molecular formula is C16H30CaO2. The molecule has 2 rings (SSSR count). The van der Waals surface area contributed by atoms with Crippen molar-refractivity contribution < 1.29 is 10.2 Å². The average molecular weight is 294 g/mol. The first-order valence-electron chi connectivity index (χ1n) is 8.03. The predicted octanol–water partition coefficient (Wildman–Crippen LogP) is 2.25. The van der Waals surface area contributed by atoms with Crippen LogP contribution in [0.4, 0.5) is 0 Å². The molecule has 0 bridgehead atoms. The summed E-state index contributed by atoms with van der Waals surface area (Å²) in [5.41, 5.74) is 0. The third kappa shape index (κ3) is 10.5. The van der Waals surface area contributed by atoms with E-state index in [4.69, 9.17) is 0 Å². The fourth-order valence-electron chi connectivity index (χ4n) is 3.28. The van der Waals surface area contributed by atoms with Crippen molar-refractivity contribution in [2.45, 2.75) is 77.0 Å². The molecule has 0 aliphatic heterocycles. The number of rotatable bonds is 4. The van der Waals surface area contributed by atoms with Crippen molar-refractivity contribution >= 4 is 37.7 Å². The summed E-state index contributed by atoms with van der Waals surface area (Å²) < 4.78 is 0. The molecule has 2 saturated carbocycles. The van der Waals surface area contributed by atoms with Crippen molar-refractivity contribution in [2.75, 3.05) is 13.2 Å². The van der Waals surface area contributed by atoms with Crippen LogP contribution in [0.2, 0.25) is 0 Å². The predicted molar refractivity (Wildman–Crippen MR) is 77.9 cm³/mol. The smallest absolute Gasteiger partial charge is 0.854 e. The number of hydrogen-bond donors (Lipinski definition) is 0. The Labute approximate surface area is 149 Å². The second-order valence-corrected chi connectivity index (χ2v) is 5.99. The van der Waals surface area contributed by atoms with Gasteiger partial charge in [0.15, 0.2) is 0 Å². The van der Waals surface area contributed by atoms with Gasteiger partial charge in [-0.2, -0.15) is 0 Å². The second-order valence-electron chi connectivity index (χ2n) is 5.99. The van der Waals surface area contributed by atoms with E-state index < -0.39 is 0 Å². The van der Waals surface area contributed by atoms with E-state index in [9.17, 15) is 10.2 Å². The van der Waals surface area contributed by atoms with E-state index in [1.807, 2.05) is 0 Å². The Kier molecular flexibility index (Phi) is 15.0. The summed E-state index contributed by atoms with van der Waals surface area (Å²) in [6, 6.07) is 0. The first kappa shape index (κ1) is 20.2. The van der Waals surface area contributed by atoms with Gasteiger partial charge in [-0.3, -0.25) is 0 Å². The van der Waals surface area contributed by atoms with Gasteiger partial charge in [0.05, 0.1) is 0 Å². The molecule has 0 unspecified atom stereocenters. The molecule has 108 valence electrons. The normalized spacial score (nSPS) is 21.2. The van der Waals surface area contributed by atoms with Crippen LogP contribution >= 0.6 is 0 Å². The molecule has 2 fully saturated rings. The number of hydrogen-bond acceptors (Lipinski definition) is 2. The maximum Gasteiger partial charge on any atom is 2.00 e. The van der Waals surface area contributed by atoms with Crippen molar-refractivity contribution in [3.05, 3.63) is 0 Å². The Morgan fingerprint density at radius 3 is 1.16 bits per heavy atom. The fourth-order valence-corrected chi connectivity index (χ4v) is 3.28. The average Bonchev–Trinajstić information content (AvgIpc) is 2.43. The summed E-state index contributed by atoms with van der Waals surface area (Å²) >= 11 is 0. The largest absolute Gasteiger partial charge is 2.00 e. The van der Waals surface area contributed by atoms with Gasteiger partial charge in [-0.05, 0) is 11.8 Å². The Morgan fingerprint density at radius 2 is 0.895 bits per heavy atom. The third-order valence-electron chi connectivity index (χ3n) is 4.50. The standard InChI is InChI=1S/2C8H15O.Ca/c2*9-7-6-8-4-2-1-3-5-8;/h2*8H,1-7H2;/q2*-1;+2. The zero-order valence-corrected chi connectivity index (χ0v) is 14.8. The summed E-state index contributed by atoms with van der Waals surface area (Å²) in [6.07, 6.45) is 15.4. The molecule has 0 radical (unpaired) electrons. The minimum atomic E-state index is 0. The minimum absolute atomic E-state index is 0. The zero-order valence-electron chi connectivity index (χ0n) is 12.6. The van der Waals surface area contributed by atoms with Crippen molar-refractivity contribution in [1.29, 1.82) is 0 Å². The van der Waals surface area contributed by atoms with Gasteiger partial charge in [0, 0.05) is 0 Å². The SMILES string of the molecule is [Ca+2].[O-]CCC1CCCCC1.[O-]CCC1CCCCC1. The maximum atomic E-state index is 10.2. The maximum absolute atomic E-state index is 10.2. The van der Waals surface area contributed by atoms with Crippen molar-refractivity contribution in [3.63, 3.8) is 0 Å².